The second kappa shape index (κ2) is 15.1. The summed E-state index contributed by atoms with van der Waals surface area (Å²) in [6, 6.07) is 8.84. The van der Waals surface area contributed by atoms with Crippen molar-refractivity contribution in [3.8, 4) is 0 Å². The highest BCUT2D eigenvalue weighted by Crippen LogP contribution is 2.18. The summed E-state index contributed by atoms with van der Waals surface area (Å²) in [5.41, 5.74) is 2.70. The number of aryl methyl sites for hydroxylation is 1. The molecule has 1 aromatic carbocycles. The second-order valence-corrected chi connectivity index (χ2v) is 8.69. The van der Waals surface area contributed by atoms with Gasteiger partial charge in [-0.15, -0.1) is 0 Å². The third-order valence-corrected chi connectivity index (χ3v) is 6.02. The quantitative estimate of drug-likeness (QED) is 0.254. The van der Waals surface area contributed by atoms with Gasteiger partial charge in [0.15, 0.2) is 5.96 Å². The fourth-order valence-electron chi connectivity index (χ4n) is 4.20. The molecule has 176 valence electrons. The van der Waals surface area contributed by atoms with Crippen LogP contribution < -0.4 is 15.5 Å². The first-order chi connectivity index (χ1) is 15.2. The molecule has 0 aliphatic carbocycles. The highest BCUT2D eigenvalue weighted by molar-refractivity contribution is 5.79. The fourth-order valence-corrected chi connectivity index (χ4v) is 4.20. The van der Waals surface area contributed by atoms with Gasteiger partial charge in [-0.05, 0) is 69.7 Å². The van der Waals surface area contributed by atoms with Crippen LogP contribution in [0, 0.1) is 12.8 Å². The number of aliphatic imine (C=N–C) groups is 1. The van der Waals surface area contributed by atoms with Crippen LogP contribution in [0.25, 0.3) is 0 Å². The Balaban J connectivity index is 1.63. The molecule has 31 heavy (non-hydrogen) atoms. The number of nitrogens with zero attached hydrogens (tertiary/aromatic N) is 3. The van der Waals surface area contributed by atoms with E-state index in [4.69, 9.17) is 4.99 Å². The molecule has 0 bridgehead atoms. The van der Waals surface area contributed by atoms with Crippen molar-refractivity contribution in [3.63, 3.8) is 0 Å². The molecular formula is C25H45N5O. The lowest BCUT2D eigenvalue weighted by molar-refractivity contribution is 0.253. The Morgan fingerprint density at radius 2 is 1.90 bits per heavy atom. The monoisotopic (exact) mass is 431 g/mol. The van der Waals surface area contributed by atoms with Crippen LogP contribution in [-0.2, 0) is 0 Å². The van der Waals surface area contributed by atoms with Gasteiger partial charge in [-0.2, -0.15) is 0 Å². The van der Waals surface area contributed by atoms with E-state index in [1.54, 1.807) is 0 Å². The third-order valence-electron chi connectivity index (χ3n) is 6.02. The van der Waals surface area contributed by atoms with Crippen LogP contribution in [-0.4, -0.2) is 74.9 Å². The predicted molar refractivity (Wildman–Crippen MR) is 133 cm³/mol. The first-order valence-corrected chi connectivity index (χ1v) is 12.3. The summed E-state index contributed by atoms with van der Waals surface area (Å²) in [5, 5.41) is 16.1. The summed E-state index contributed by atoms with van der Waals surface area (Å²) >= 11 is 0. The first kappa shape index (κ1) is 25.5. The molecule has 1 aromatic rings. The number of guanidine groups is 1. The molecule has 0 saturated carbocycles. The highest BCUT2D eigenvalue weighted by atomic mass is 16.3. The third kappa shape index (κ3) is 9.92. The van der Waals surface area contributed by atoms with Crippen molar-refractivity contribution in [2.75, 3.05) is 63.9 Å². The van der Waals surface area contributed by atoms with Crippen molar-refractivity contribution in [2.45, 2.75) is 52.9 Å². The average molecular weight is 432 g/mol. The van der Waals surface area contributed by atoms with E-state index in [0.29, 0.717) is 5.92 Å². The largest absolute Gasteiger partial charge is 0.396 e. The van der Waals surface area contributed by atoms with E-state index in [-0.39, 0.29) is 6.61 Å². The van der Waals surface area contributed by atoms with E-state index in [9.17, 15) is 5.11 Å². The van der Waals surface area contributed by atoms with Gasteiger partial charge in [0.1, 0.15) is 0 Å². The van der Waals surface area contributed by atoms with Crippen molar-refractivity contribution in [2.24, 2.45) is 10.9 Å². The molecule has 1 saturated heterocycles. The Kier molecular flexibility index (Phi) is 12.4. The first-order valence-electron chi connectivity index (χ1n) is 12.3. The molecule has 0 spiro atoms. The molecule has 0 aromatic heterocycles. The number of rotatable bonds is 13. The minimum Gasteiger partial charge on any atom is -0.396 e. The summed E-state index contributed by atoms with van der Waals surface area (Å²) in [7, 11) is 0. The van der Waals surface area contributed by atoms with Crippen LogP contribution in [0.3, 0.4) is 0 Å². The number of anilines is 1. The van der Waals surface area contributed by atoms with E-state index in [2.05, 4.69) is 65.5 Å². The maximum Gasteiger partial charge on any atom is 0.191 e. The van der Waals surface area contributed by atoms with E-state index >= 15 is 0 Å². The van der Waals surface area contributed by atoms with Gasteiger partial charge in [0, 0.05) is 58.1 Å². The molecular weight excluding hydrogens is 386 g/mol. The van der Waals surface area contributed by atoms with E-state index in [1.165, 1.54) is 24.2 Å². The van der Waals surface area contributed by atoms with Gasteiger partial charge < -0.3 is 20.6 Å². The molecule has 3 N–H and O–H groups in total. The summed E-state index contributed by atoms with van der Waals surface area (Å²) in [4.78, 5) is 9.85. The van der Waals surface area contributed by atoms with E-state index in [0.717, 1.165) is 77.5 Å². The number of unbranched alkanes of at least 4 members (excludes halogenated alkanes) is 1. The van der Waals surface area contributed by atoms with Gasteiger partial charge in [-0.25, -0.2) is 0 Å². The van der Waals surface area contributed by atoms with Crippen molar-refractivity contribution >= 4 is 11.6 Å². The zero-order valence-electron chi connectivity index (χ0n) is 20.1. The standard InChI is InChI=1S/C25H45N5O/c1-4-9-23(12-19-31)21-28-25(26-5-2)27-13-6-7-14-29-15-17-30(18-16-29)24-11-8-10-22(3)20-24/h8,10-11,20,23,31H,4-7,9,12-19,21H2,1-3H3,(H2,26,27,28). The number of piperazine rings is 1. The maximum atomic E-state index is 9.24. The molecule has 0 amide bonds. The Hall–Kier alpha value is -1.79. The van der Waals surface area contributed by atoms with Crippen LogP contribution >= 0.6 is 0 Å². The minimum atomic E-state index is 0.253. The molecule has 1 aliphatic heterocycles. The van der Waals surface area contributed by atoms with Gasteiger partial charge >= 0.3 is 0 Å². The molecule has 1 atom stereocenters. The molecule has 1 heterocycles. The van der Waals surface area contributed by atoms with Gasteiger partial charge in [0.25, 0.3) is 0 Å². The van der Waals surface area contributed by atoms with E-state index < -0.39 is 0 Å². The summed E-state index contributed by atoms with van der Waals surface area (Å²) < 4.78 is 0. The lowest BCUT2D eigenvalue weighted by Gasteiger charge is -2.36. The Morgan fingerprint density at radius 3 is 2.58 bits per heavy atom. The zero-order chi connectivity index (χ0) is 22.3. The Labute approximate surface area is 190 Å². The molecule has 6 nitrogen and oxygen atoms in total. The predicted octanol–water partition coefficient (Wildman–Crippen LogP) is 3.25. The number of benzene rings is 1. The second-order valence-electron chi connectivity index (χ2n) is 8.69. The van der Waals surface area contributed by atoms with Crippen LogP contribution in [0.4, 0.5) is 5.69 Å². The normalized spacial score (nSPS) is 16.4. The van der Waals surface area contributed by atoms with Gasteiger partial charge in [-0.3, -0.25) is 9.89 Å². The molecule has 0 radical (unpaired) electrons. The molecule has 2 rings (SSSR count). The van der Waals surface area contributed by atoms with Crippen LogP contribution in [0.5, 0.6) is 0 Å². The fraction of sp³-hybridized carbons (Fsp3) is 0.720. The van der Waals surface area contributed by atoms with Crippen LogP contribution in [0.15, 0.2) is 29.3 Å². The SMILES string of the molecule is CCCC(CCO)CN=C(NCC)NCCCCN1CCN(c2cccc(C)c2)CC1. The van der Waals surface area contributed by atoms with Crippen molar-refractivity contribution < 1.29 is 5.11 Å². The van der Waals surface area contributed by atoms with Crippen molar-refractivity contribution in [1.82, 2.24) is 15.5 Å². The number of aliphatic hydroxyl groups excluding tert-OH is 1. The lowest BCUT2D eigenvalue weighted by atomic mass is 10.0. The molecule has 6 heteroatoms. The van der Waals surface area contributed by atoms with Crippen LogP contribution in [0.1, 0.15) is 51.5 Å². The number of hydrogen-bond donors (Lipinski definition) is 3. The minimum absolute atomic E-state index is 0.253. The summed E-state index contributed by atoms with van der Waals surface area (Å²) in [5.74, 6) is 1.39. The zero-order valence-corrected chi connectivity index (χ0v) is 20.1. The van der Waals surface area contributed by atoms with Crippen molar-refractivity contribution in [1.29, 1.82) is 0 Å². The lowest BCUT2D eigenvalue weighted by Crippen LogP contribution is -2.46. The van der Waals surface area contributed by atoms with Crippen LogP contribution in [0.2, 0.25) is 0 Å². The Morgan fingerprint density at radius 1 is 1.10 bits per heavy atom. The summed E-state index contributed by atoms with van der Waals surface area (Å²) in [6.07, 6.45) is 5.47. The molecule has 1 unspecified atom stereocenters. The topological polar surface area (TPSA) is 63.1 Å². The smallest absolute Gasteiger partial charge is 0.191 e. The van der Waals surface area contributed by atoms with Gasteiger partial charge in [0.2, 0.25) is 0 Å². The van der Waals surface area contributed by atoms with Gasteiger partial charge in [-0.1, -0.05) is 25.5 Å². The summed E-state index contributed by atoms with van der Waals surface area (Å²) in [6.45, 7) is 15.0. The molecule has 1 aliphatic rings. The Bertz CT molecular complexity index is 622. The maximum absolute atomic E-state index is 9.24. The molecule has 1 fully saturated rings. The number of hydrogen-bond acceptors (Lipinski definition) is 4. The number of aliphatic hydroxyl groups is 1. The highest BCUT2D eigenvalue weighted by Gasteiger charge is 2.16. The number of nitrogens with one attached hydrogen (secondary N) is 2. The van der Waals surface area contributed by atoms with Gasteiger partial charge in [0.05, 0.1) is 0 Å². The van der Waals surface area contributed by atoms with E-state index in [1.807, 2.05) is 0 Å². The van der Waals surface area contributed by atoms with Crippen molar-refractivity contribution in [3.05, 3.63) is 29.8 Å². The average Bonchev–Trinajstić information content (AvgIpc) is 2.77.